The molecule has 0 amide bonds. The Kier molecular flexibility index (Phi) is 4.59. The zero-order valence-electron chi connectivity index (χ0n) is 11.3. The first-order valence-corrected chi connectivity index (χ1v) is 7.21. The number of nitrogens with one attached hydrogen (secondary N) is 2. The molecule has 0 bridgehead atoms. The van der Waals surface area contributed by atoms with Gasteiger partial charge in [-0.05, 0) is 56.1 Å². The summed E-state index contributed by atoms with van der Waals surface area (Å²) in [4.78, 5) is 0. The van der Waals surface area contributed by atoms with Crippen molar-refractivity contribution in [1.82, 2.24) is 5.32 Å². The zero-order valence-corrected chi connectivity index (χ0v) is 12.1. The Hall–Kier alpha value is -1.09. The van der Waals surface area contributed by atoms with Crippen LogP contribution in [-0.4, -0.2) is 11.2 Å². The maximum atomic E-state index is 5.40. The van der Waals surface area contributed by atoms with E-state index >= 15 is 0 Å². The van der Waals surface area contributed by atoms with Crippen molar-refractivity contribution in [3.8, 4) is 0 Å². The topological polar surface area (TPSA) is 24.1 Å². The van der Waals surface area contributed by atoms with Gasteiger partial charge in [0, 0.05) is 11.7 Å². The minimum absolute atomic E-state index is 0.559. The van der Waals surface area contributed by atoms with Crippen LogP contribution in [0.4, 0.5) is 5.69 Å². The van der Waals surface area contributed by atoms with Gasteiger partial charge in [-0.25, -0.2) is 0 Å². The van der Waals surface area contributed by atoms with E-state index in [1.165, 1.54) is 43.2 Å². The highest BCUT2D eigenvalue weighted by Gasteiger charge is 2.14. The Balaban J connectivity index is 1.92. The van der Waals surface area contributed by atoms with Crippen molar-refractivity contribution < 1.29 is 0 Å². The Labute approximate surface area is 115 Å². The number of aryl methyl sites for hydroxylation is 2. The summed E-state index contributed by atoms with van der Waals surface area (Å²) in [6.07, 6.45) is 6.51. The first-order valence-electron chi connectivity index (χ1n) is 6.80. The van der Waals surface area contributed by atoms with E-state index in [9.17, 15) is 0 Å². The van der Waals surface area contributed by atoms with Crippen LogP contribution in [0.2, 0.25) is 0 Å². The van der Waals surface area contributed by atoms with E-state index in [1.54, 1.807) is 0 Å². The van der Waals surface area contributed by atoms with Crippen molar-refractivity contribution in [2.24, 2.45) is 0 Å². The van der Waals surface area contributed by atoms with Gasteiger partial charge in [0.1, 0.15) is 0 Å². The van der Waals surface area contributed by atoms with Crippen molar-refractivity contribution >= 4 is 23.0 Å². The fourth-order valence-corrected chi connectivity index (χ4v) is 2.74. The van der Waals surface area contributed by atoms with Gasteiger partial charge in [-0.15, -0.1) is 0 Å². The summed E-state index contributed by atoms with van der Waals surface area (Å²) in [5.41, 5.74) is 3.60. The molecular formula is C15H22N2S. The monoisotopic (exact) mass is 262 g/mol. The molecule has 0 radical (unpaired) electrons. The van der Waals surface area contributed by atoms with Gasteiger partial charge >= 0.3 is 0 Å². The van der Waals surface area contributed by atoms with E-state index in [2.05, 4.69) is 42.7 Å². The van der Waals surface area contributed by atoms with E-state index in [0.29, 0.717) is 6.04 Å². The van der Waals surface area contributed by atoms with Gasteiger partial charge in [-0.1, -0.05) is 31.4 Å². The average molecular weight is 262 g/mol. The predicted octanol–water partition coefficient (Wildman–Crippen LogP) is 3.92. The van der Waals surface area contributed by atoms with Gasteiger partial charge in [-0.2, -0.15) is 0 Å². The van der Waals surface area contributed by atoms with Crippen LogP contribution < -0.4 is 10.6 Å². The maximum absolute atomic E-state index is 5.40. The zero-order chi connectivity index (χ0) is 13.0. The lowest BCUT2D eigenvalue weighted by atomic mass is 9.96. The van der Waals surface area contributed by atoms with E-state index in [0.717, 1.165) is 10.8 Å². The van der Waals surface area contributed by atoms with Crippen molar-refractivity contribution in [1.29, 1.82) is 0 Å². The number of rotatable bonds is 2. The fourth-order valence-electron chi connectivity index (χ4n) is 2.46. The quantitative estimate of drug-likeness (QED) is 0.790. The Morgan fingerprint density at radius 2 is 1.89 bits per heavy atom. The minimum atomic E-state index is 0.559. The van der Waals surface area contributed by atoms with Gasteiger partial charge in [0.15, 0.2) is 5.11 Å². The maximum Gasteiger partial charge on any atom is 0.171 e. The smallest absolute Gasteiger partial charge is 0.171 e. The van der Waals surface area contributed by atoms with Crippen LogP contribution in [0.3, 0.4) is 0 Å². The van der Waals surface area contributed by atoms with Crippen molar-refractivity contribution in [3.05, 3.63) is 29.3 Å². The van der Waals surface area contributed by atoms with Crippen molar-refractivity contribution in [2.75, 3.05) is 5.32 Å². The summed E-state index contributed by atoms with van der Waals surface area (Å²) >= 11 is 5.40. The fraction of sp³-hybridized carbons (Fsp3) is 0.533. The largest absolute Gasteiger partial charge is 0.360 e. The minimum Gasteiger partial charge on any atom is -0.360 e. The van der Waals surface area contributed by atoms with Gasteiger partial charge in [-0.3, -0.25) is 0 Å². The van der Waals surface area contributed by atoms with Crippen molar-refractivity contribution in [2.45, 2.75) is 52.0 Å². The third-order valence-corrected chi connectivity index (χ3v) is 3.80. The molecule has 2 N–H and O–H groups in total. The lowest BCUT2D eigenvalue weighted by Crippen LogP contribution is -2.38. The molecule has 98 valence electrons. The van der Waals surface area contributed by atoms with E-state index in [1.807, 2.05) is 0 Å². The molecular weight excluding hydrogens is 240 g/mol. The first kappa shape index (κ1) is 13.3. The molecule has 3 heteroatoms. The summed E-state index contributed by atoms with van der Waals surface area (Å²) in [6.45, 7) is 4.20. The Morgan fingerprint density at radius 1 is 1.17 bits per heavy atom. The highest BCUT2D eigenvalue weighted by molar-refractivity contribution is 7.80. The predicted molar refractivity (Wildman–Crippen MR) is 82.1 cm³/mol. The van der Waals surface area contributed by atoms with Gasteiger partial charge in [0.05, 0.1) is 0 Å². The summed E-state index contributed by atoms with van der Waals surface area (Å²) in [7, 11) is 0. The van der Waals surface area contributed by atoms with Crippen LogP contribution in [0.25, 0.3) is 0 Å². The third kappa shape index (κ3) is 3.70. The molecule has 0 unspecified atom stereocenters. The lowest BCUT2D eigenvalue weighted by molar-refractivity contribution is 0.415. The average Bonchev–Trinajstić information content (AvgIpc) is 2.35. The second kappa shape index (κ2) is 6.19. The molecule has 0 atom stereocenters. The van der Waals surface area contributed by atoms with Gasteiger partial charge < -0.3 is 10.6 Å². The molecule has 0 heterocycles. The Bertz CT molecular complexity index is 423. The summed E-state index contributed by atoms with van der Waals surface area (Å²) in [5, 5.41) is 7.51. The first-order chi connectivity index (χ1) is 8.65. The van der Waals surface area contributed by atoms with Crippen LogP contribution in [0.1, 0.15) is 43.2 Å². The molecule has 0 aromatic heterocycles. The number of hydrogen-bond donors (Lipinski definition) is 2. The second-order valence-corrected chi connectivity index (χ2v) is 5.66. The van der Waals surface area contributed by atoms with Gasteiger partial charge in [0.25, 0.3) is 0 Å². The van der Waals surface area contributed by atoms with Crippen LogP contribution in [0.15, 0.2) is 18.2 Å². The molecule has 0 aliphatic heterocycles. The lowest BCUT2D eigenvalue weighted by Gasteiger charge is -2.24. The van der Waals surface area contributed by atoms with E-state index < -0.39 is 0 Å². The molecule has 1 aliphatic carbocycles. The highest BCUT2D eigenvalue weighted by atomic mass is 32.1. The highest BCUT2D eigenvalue weighted by Crippen LogP contribution is 2.19. The standard InChI is InChI=1S/C15H22N2S/c1-11-8-9-12(2)14(10-11)17-15(18)16-13-6-4-3-5-7-13/h8-10,13H,3-7H2,1-2H3,(H2,16,17,18). The second-order valence-electron chi connectivity index (χ2n) is 5.25. The number of benzene rings is 1. The van der Waals surface area contributed by atoms with Crippen molar-refractivity contribution in [3.63, 3.8) is 0 Å². The number of hydrogen-bond acceptors (Lipinski definition) is 1. The molecule has 1 aliphatic rings. The summed E-state index contributed by atoms with van der Waals surface area (Å²) < 4.78 is 0. The number of thiocarbonyl (C=S) groups is 1. The molecule has 1 saturated carbocycles. The van der Waals surface area contributed by atoms with Crippen LogP contribution in [-0.2, 0) is 0 Å². The molecule has 1 fully saturated rings. The SMILES string of the molecule is Cc1ccc(C)c(NC(=S)NC2CCCCC2)c1. The molecule has 1 aromatic rings. The third-order valence-electron chi connectivity index (χ3n) is 3.58. The molecule has 2 nitrogen and oxygen atoms in total. The normalized spacial score (nSPS) is 16.3. The molecule has 0 saturated heterocycles. The number of anilines is 1. The van der Waals surface area contributed by atoms with Crippen LogP contribution in [0.5, 0.6) is 0 Å². The molecule has 0 spiro atoms. The summed E-state index contributed by atoms with van der Waals surface area (Å²) in [6, 6.07) is 6.95. The summed E-state index contributed by atoms with van der Waals surface area (Å²) in [5.74, 6) is 0. The molecule has 2 rings (SSSR count). The Morgan fingerprint density at radius 3 is 2.61 bits per heavy atom. The van der Waals surface area contributed by atoms with Gasteiger partial charge in [0.2, 0.25) is 0 Å². The van der Waals surface area contributed by atoms with Crippen LogP contribution >= 0.6 is 12.2 Å². The molecule has 1 aromatic carbocycles. The van der Waals surface area contributed by atoms with E-state index in [-0.39, 0.29) is 0 Å². The van der Waals surface area contributed by atoms with Crippen LogP contribution in [0, 0.1) is 13.8 Å². The molecule has 18 heavy (non-hydrogen) atoms. The van der Waals surface area contributed by atoms with E-state index in [4.69, 9.17) is 12.2 Å².